The zero-order valence-electron chi connectivity index (χ0n) is 21.1. The Balaban J connectivity index is 1.33. The minimum absolute atomic E-state index is 0.113. The molecule has 4 rings (SSSR count). The van der Waals surface area contributed by atoms with Crippen molar-refractivity contribution < 1.29 is 24.6 Å². The van der Waals surface area contributed by atoms with E-state index in [4.69, 9.17) is 16.4 Å². The summed E-state index contributed by atoms with van der Waals surface area (Å²) < 4.78 is 0. The van der Waals surface area contributed by atoms with Crippen molar-refractivity contribution in [1.29, 1.82) is 0 Å². The van der Waals surface area contributed by atoms with Crippen molar-refractivity contribution in [2.75, 3.05) is 13.2 Å². The van der Waals surface area contributed by atoms with Gasteiger partial charge in [0.25, 0.3) is 5.91 Å². The quantitative estimate of drug-likeness (QED) is 0.274. The number of nitrogens with zero attached hydrogens (tertiary/aromatic N) is 1. The largest absolute Gasteiger partial charge is 0.481 e. The van der Waals surface area contributed by atoms with Crippen LogP contribution in [0.4, 0.5) is 0 Å². The van der Waals surface area contributed by atoms with E-state index in [-0.39, 0.29) is 29.8 Å². The van der Waals surface area contributed by atoms with Gasteiger partial charge in [0, 0.05) is 18.4 Å². The van der Waals surface area contributed by atoms with Crippen molar-refractivity contribution >= 4 is 17.6 Å². The lowest BCUT2D eigenvalue weighted by Gasteiger charge is -2.58. The van der Waals surface area contributed by atoms with Gasteiger partial charge in [-0.25, -0.2) is 0 Å². The topological polar surface area (TPSA) is 108 Å². The molecule has 3 N–H and O–H groups in total. The summed E-state index contributed by atoms with van der Waals surface area (Å²) in [7, 11) is 0. The molecule has 192 valence electrons. The second-order valence-corrected chi connectivity index (χ2v) is 11.6. The average Bonchev–Trinajstić information content (AvgIpc) is 3.10. The van der Waals surface area contributed by atoms with Crippen LogP contribution < -0.4 is 5.32 Å². The molecule has 4 aliphatic carbocycles. The van der Waals surface area contributed by atoms with Crippen LogP contribution in [0, 0.1) is 40.9 Å². The Morgan fingerprint density at radius 1 is 1.17 bits per heavy atom. The molecule has 0 unspecified atom stereocenters. The number of aliphatic hydroxyl groups is 1. The van der Waals surface area contributed by atoms with Crippen LogP contribution in [0.5, 0.6) is 0 Å². The van der Waals surface area contributed by atoms with Crippen LogP contribution in [0.2, 0.25) is 0 Å². The van der Waals surface area contributed by atoms with Gasteiger partial charge in [0.1, 0.15) is 5.60 Å². The number of rotatable bonds is 8. The number of carbonyl (C=O) groups is 2. The fourth-order valence-electron chi connectivity index (χ4n) is 7.75. The first-order valence-corrected chi connectivity index (χ1v) is 13.2. The Hall–Kier alpha value is -2.33. The third kappa shape index (κ3) is 4.74. The summed E-state index contributed by atoms with van der Waals surface area (Å²) in [4.78, 5) is 27.8. The second-order valence-electron chi connectivity index (χ2n) is 11.6. The van der Waals surface area contributed by atoms with Gasteiger partial charge in [-0.1, -0.05) is 30.5 Å². The minimum atomic E-state index is -0.964. The number of hydrogen-bond acceptors (Lipinski definition) is 5. The number of carbonyl (C=O) groups excluding carboxylic acids is 1. The molecule has 0 aromatic heterocycles. The number of carboxylic acids is 1. The van der Waals surface area contributed by atoms with Gasteiger partial charge in [-0.3, -0.25) is 9.59 Å². The molecule has 0 radical (unpaired) electrons. The van der Waals surface area contributed by atoms with Crippen LogP contribution in [0.1, 0.15) is 84.5 Å². The Bertz CT molecular complexity index is 951. The molecule has 7 heteroatoms. The van der Waals surface area contributed by atoms with Gasteiger partial charge < -0.3 is 20.4 Å². The third-order valence-electron chi connectivity index (χ3n) is 9.88. The number of amides is 1. The van der Waals surface area contributed by atoms with Crippen molar-refractivity contribution in [3.63, 3.8) is 0 Å². The molecule has 0 aromatic carbocycles. The molecule has 3 saturated carbocycles. The predicted octanol–water partition coefficient (Wildman–Crippen LogP) is 4.06. The number of oxime groups is 1. The highest BCUT2D eigenvalue weighted by molar-refractivity contribution is 5.96. The smallest absolute Gasteiger partial charge is 0.303 e. The summed E-state index contributed by atoms with van der Waals surface area (Å²) in [6.45, 7) is 4.95. The van der Waals surface area contributed by atoms with E-state index in [2.05, 4.69) is 36.3 Å². The van der Waals surface area contributed by atoms with Crippen LogP contribution in [0.3, 0.4) is 0 Å². The number of fused-ring (bicyclic) bond motifs is 5. The van der Waals surface area contributed by atoms with Gasteiger partial charge >= 0.3 is 5.97 Å². The normalized spacial score (nSPS) is 39.0. The molecule has 0 aliphatic heterocycles. The van der Waals surface area contributed by atoms with Crippen LogP contribution >= 0.6 is 0 Å². The van der Waals surface area contributed by atoms with Gasteiger partial charge in [0.2, 0.25) is 0 Å². The first-order chi connectivity index (χ1) is 16.6. The van der Waals surface area contributed by atoms with Gasteiger partial charge in [-0.15, -0.1) is 6.42 Å². The highest BCUT2D eigenvalue weighted by Crippen LogP contribution is 2.67. The molecule has 6 atom stereocenters. The number of terminal acetylenes is 1. The third-order valence-corrected chi connectivity index (χ3v) is 9.88. The fraction of sp³-hybridized carbons (Fsp3) is 0.750. The van der Waals surface area contributed by atoms with Crippen molar-refractivity contribution in [2.24, 2.45) is 33.7 Å². The molecule has 0 saturated heterocycles. The SMILES string of the molecule is C#C[C@]1(O)CC[C@@H]2[C@@H]3CCC4=CC(=NOCC(=O)NCCCCC(=O)O)CC[C@]4(C)[C@@H]3CC[C@@]21C. The van der Waals surface area contributed by atoms with E-state index in [1.807, 2.05) is 0 Å². The molecule has 4 aliphatic rings. The lowest BCUT2D eigenvalue weighted by molar-refractivity contribution is -0.137. The molecule has 0 spiro atoms. The van der Waals surface area contributed by atoms with Gasteiger partial charge in [-0.2, -0.15) is 0 Å². The van der Waals surface area contributed by atoms with Gasteiger partial charge in [-0.05, 0) is 93.5 Å². The molecule has 35 heavy (non-hydrogen) atoms. The molecular formula is C28H40N2O5. The molecule has 0 aromatic rings. The standard InChI is InChI=1S/C28H40N2O5/c1-4-28(34)15-12-23-21-9-8-19-17-20(10-13-26(19,2)22(21)11-14-27(23,28)3)30-35-18-24(31)29-16-6-5-7-25(32)33/h1,17,21-23,34H,5-16,18H2,2-3H3,(H,29,31)(H,32,33)/t21-,22-,23-,26+,27+,28+/m1/s1. The van der Waals surface area contributed by atoms with E-state index in [0.717, 1.165) is 57.1 Å². The van der Waals surface area contributed by atoms with Crippen LogP contribution in [0.25, 0.3) is 0 Å². The molecule has 7 nitrogen and oxygen atoms in total. The van der Waals surface area contributed by atoms with Crippen molar-refractivity contribution in [3.8, 4) is 12.3 Å². The maximum Gasteiger partial charge on any atom is 0.303 e. The average molecular weight is 485 g/mol. The molecule has 3 fully saturated rings. The zero-order chi connectivity index (χ0) is 25.3. The maximum absolute atomic E-state index is 11.9. The van der Waals surface area contributed by atoms with E-state index in [1.54, 1.807) is 0 Å². The summed E-state index contributed by atoms with van der Waals surface area (Å²) in [5, 5.41) is 26.8. The number of hydrogen-bond donors (Lipinski definition) is 3. The maximum atomic E-state index is 11.9. The van der Waals surface area contributed by atoms with E-state index < -0.39 is 11.6 Å². The minimum Gasteiger partial charge on any atom is -0.481 e. The highest BCUT2D eigenvalue weighted by Gasteiger charge is 2.63. The number of carboxylic acid groups (broad SMARTS) is 1. The zero-order valence-corrected chi connectivity index (χ0v) is 21.1. The number of allylic oxidation sites excluding steroid dienone is 2. The monoisotopic (exact) mass is 484 g/mol. The molecule has 0 bridgehead atoms. The summed E-state index contributed by atoms with van der Waals surface area (Å²) in [6, 6.07) is 0. The number of aliphatic carboxylic acids is 1. The van der Waals surface area contributed by atoms with Crippen molar-refractivity contribution in [2.45, 2.75) is 90.1 Å². The van der Waals surface area contributed by atoms with Crippen molar-refractivity contribution in [3.05, 3.63) is 11.6 Å². The lowest BCUT2D eigenvalue weighted by atomic mass is 9.46. The van der Waals surface area contributed by atoms with Gasteiger partial charge in [0.05, 0.1) is 5.71 Å². The summed E-state index contributed by atoms with van der Waals surface area (Å²) in [6.07, 6.45) is 17.1. The Morgan fingerprint density at radius 2 is 1.94 bits per heavy atom. The Kier molecular flexibility index (Phi) is 7.33. The molecular weight excluding hydrogens is 444 g/mol. The molecule has 1 amide bonds. The van der Waals surface area contributed by atoms with E-state index in [9.17, 15) is 14.7 Å². The van der Waals surface area contributed by atoms with E-state index in [1.165, 1.54) is 5.57 Å². The summed E-state index contributed by atoms with van der Waals surface area (Å²) in [5.41, 5.74) is 1.35. The number of unbranched alkanes of at least 4 members (excludes halogenated alkanes) is 1. The Morgan fingerprint density at radius 3 is 2.69 bits per heavy atom. The van der Waals surface area contributed by atoms with Crippen LogP contribution in [0.15, 0.2) is 16.8 Å². The Labute approximate surface area is 208 Å². The first-order valence-electron chi connectivity index (χ1n) is 13.2. The second kappa shape index (κ2) is 9.97. The van der Waals surface area contributed by atoms with E-state index >= 15 is 0 Å². The van der Waals surface area contributed by atoms with Gasteiger partial charge in [0.15, 0.2) is 6.61 Å². The number of nitrogens with one attached hydrogen (secondary N) is 1. The summed E-state index contributed by atoms with van der Waals surface area (Å²) >= 11 is 0. The summed E-state index contributed by atoms with van der Waals surface area (Å²) in [5.74, 6) is 3.39. The first kappa shape index (κ1) is 25.8. The molecule has 0 heterocycles. The fourth-order valence-corrected chi connectivity index (χ4v) is 7.75. The highest BCUT2D eigenvalue weighted by atomic mass is 16.6. The lowest BCUT2D eigenvalue weighted by Crippen LogP contribution is -2.54. The predicted molar refractivity (Wildman–Crippen MR) is 133 cm³/mol. The van der Waals surface area contributed by atoms with Crippen LogP contribution in [-0.2, 0) is 14.4 Å². The van der Waals surface area contributed by atoms with E-state index in [0.29, 0.717) is 37.1 Å². The van der Waals surface area contributed by atoms with Crippen molar-refractivity contribution in [1.82, 2.24) is 5.32 Å². The van der Waals surface area contributed by atoms with Crippen LogP contribution in [-0.4, -0.2) is 46.6 Å².